The van der Waals surface area contributed by atoms with Gasteiger partial charge in [0.05, 0.1) is 6.04 Å². The Hall–Kier alpha value is -1.55. The number of anilines is 1. The molecule has 2 N–H and O–H groups in total. The van der Waals surface area contributed by atoms with Gasteiger partial charge in [0.1, 0.15) is 0 Å². The maximum atomic E-state index is 12.3. The number of hydrogen-bond donors (Lipinski definition) is 2. The van der Waals surface area contributed by atoms with E-state index in [2.05, 4.69) is 28.8 Å². The molecule has 1 aliphatic rings. The average molecular weight is 289 g/mol. The maximum Gasteiger partial charge on any atom is 0.239 e. The van der Waals surface area contributed by atoms with Gasteiger partial charge in [-0.25, -0.2) is 0 Å². The number of nitrogens with zero attached hydrogens (tertiary/aromatic N) is 1. The van der Waals surface area contributed by atoms with E-state index < -0.39 is 0 Å². The predicted molar refractivity (Wildman–Crippen MR) is 87.5 cm³/mol. The predicted octanol–water partition coefficient (Wildman–Crippen LogP) is 2.39. The van der Waals surface area contributed by atoms with Crippen molar-refractivity contribution in [2.45, 2.75) is 46.2 Å². The van der Waals surface area contributed by atoms with Crippen molar-refractivity contribution in [3.63, 3.8) is 0 Å². The first kappa shape index (κ1) is 15.8. The van der Waals surface area contributed by atoms with Crippen LogP contribution in [0.2, 0.25) is 0 Å². The lowest BCUT2D eigenvalue weighted by molar-refractivity contribution is -0.132. The first-order chi connectivity index (χ1) is 10.2. The van der Waals surface area contributed by atoms with Gasteiger partial charge in [-0.2, -0.15) is 0 Å². The number of fused-ring (bicyclic) bond motifs is 1. The van der Waals surface area contributed by atoms with Crippen molar-refractivity contribution in [2.75, 3.05) is 25.0 Å². The van der Waals surface area contributed by atoms with Crippen molar-refractivity contribution in [1.29, 1.82) is 0 Å². The highest BCUT2D eigenvalue weighted by molar-refractivity contribution is 5.81. The number of nitrogens with one attached hydrogen (secondary N) is 2. The van der Waals surface area contributed by atoms with Crippen LogP contribution in [0.15, 0.2) is 18.2 Å². The largest absolute Gasteiger partial charge is 0.385 e. The summed E-state index contributed by atoms with van der Waals surface area (Å²) in [6.45, 7) is 9.29. The van der Waals surface area contributed by atoms with Gasteiger partial charge in [0.15, 0.2) is 0 Å². The molecule has 0 spiro atoms. The van der Waals surface area contributed by atoms with Gasteiger partial charge in [0, 0.05) is 31.9 Å². The van der Waals surface area contributed by atoms with Crippen molar-refractivity contribution < 1.29 is 4.79 Å². The monoisotopic (exact) mass is 289 g/mol. The smallest absolute Gasteiger partial charge is 0.239 e. The van der Waals surface area contributed by atoms with Gasteiger partial charge in [-0.1, -0.05) is 18.2 Å². The third-order valence-electron chi connectivity index (χ3n) is 4.21. The summed E-state index contributed by atoms with van der Waals surface area (Å²) in [5.41, 5.74) is 3.91. The van der Waals surface area contributed by atoms with E-state index in [0.29, 0.717) is 0 Å². The number of likely N-dealkylation sites (N-methyl/N-ethyl adjacent to an activating group) is 1. The Morgan fingerprint density at radius 3 is 2.86 bits per heavy atom. The maximum absolute atomic E-state index is 12.3. The van der Waals surface area contributed by atoms with Crippen LogP contribution in [0.4, 0.5) is 5.69 Å². The molecule has 0 aromatic heterocycles. The van der Waals surface area contributed by atoms with Crippen molar-refractivity contribution in [1.82, 2.24) is 10.2 Å². The second kappa shape index (κ2) is 7.46. The quantitative estimate of drug-likeness (QED) is 0.845. The molecule has 0 aliphatic carbocycles. The normalized spacial score (nSPS) is 15.0. The third-order valence-corrected chi connectivity index (χ3v) is 4.21. The van der Waals surface area contributed by atoms with E-state index >= 15 is 0 Å². The fraction of sp³-hybridized carbons (Fsp3) is 0.588. The van der Waals surface area contributed by atoms with Crippen LogP contribution in [0.25, 0.3) is 0 Å². The fourth-order valence-corrected chi connectivity index (χ4v) is 2.89. The topological polar surface area (TPSA) is 44.4 Å². The van der Waals surface area contributed by atoms with Gasteiger partial charge in [0.25, 0.3) is 0 Å². The van der Waals surface area contributed by atoms with Gasteiger partial charge >= 0.3 is 0 Å². The van der Waals surface area contributed by atoms with Crippen LogP contribution < -0.4 is 10.6 Å². The van der Waals surface area contributed by atoms with Crippen LogP contribution >= 0.6 is 0 Å². The zero-order chi connectivity index (χ0) is 15.2. The molecule has 1 atom stereocenters. The zero-order valence-corrected chi connectivity index (χ0v) is 13.4. The molecule has 0 radical (unpaired) electrons. The molecular weight excluding hydrogens is 262 g/mol. The Balaban J connectivity index is 1.98. The molecule has 0 saturated carbocycles. The molecule has 1 aromatic rings. The van der Waals surface area contributed by atoms with E-state index in [1.165, 1.54) is 23.2 Å². The van der Waals surface area contributed by atoms with Crippen molar-refractivity contribution in [3.05, 3.63) is 29.3 Å². The van der Waals surface area contributed by atoms with Crippen LogP contribution in [0, 0.1) is 0 Å². The summed E-state index contributed by atoms with van der Waals surface area (Å²) < 4.78 is 0. The van der Waals surface area contributed by atoms with Gasteiger partial charge in [-0.05, 0) is 44.7 Å². The van der Waals surface area contributed by atoms with Crippen molar-refractivity contribution in [3.8, 4) is 0 Å². The SMILES string of the molecule is CCN(CC)C(=O)C(C)NCc1cccc2c1NCCC2. The van der Waals surface area contributed by atoms with Gasteiger partial charge in [-0.15, -0.1) is 0 Å². The van der Waals surface area contributed by atoms with E-state index in [-0.39, 0.29) is 11.9 Å². The summed E-state index contributed by atoms with van der Waals surface area (Å²) in [5, 5.41) is 6.86. The highest BCUT2D eigenvalue weighted by atomic mass is 16.2. The van der Waals surface area contributed by atoms with E-state index in [0.717, 1.165) is 32.6 Å². The lowest BCUT2D eigenvalue weighted by atomic mass is 9.99. The summed E-state index contributed by atoms with van der Waals surface area (Å²) >= 11 is 0. The number of rotatable bonds is 6. The minimum absolute atomic E-state index is 0.149. The van der Waals surface area contributed by atoms with Gasteiger partial charge in [-0.3, -0.25) is 4.79 Å². The molecule has 1 aliphatic heterocycles. The molecule has 4 heteroatoms. The molecule has 1 amide bonds. The summed E-state index contributed by atoms with van der Waals surface area (Å²) in [7, 11) is 0. The number of benzene rings is 1. The summed E-state index contributed by atoms with van der Waals surface area (Å²) in [6, 6.07) is 6.29. The van der Waals surface area contributed by atoms with Crippen molar-refractivity contribution in [2.24, 2.45) is 0 Å². The highest BCUT2D eigenvalue weighted by Gasteiger charge is 2.18. The number of amides is 1. The van der Waals surface area contributed by atoms with Crippen LogP contribution in [0.1, 0.15) is 38.3 Å². The first-order valence-electron chi connectivity index (χ1n) is 8.04. The Kier molecular flexibility index (Phi) is 5.62. The molecule has 0 bridgehead atoms. The molecule has 0 saturated heterocycles. The first-order valence-corrected chi connectivity index (χ1v) is 8.04. The van der Waals surface area contributed by atoms with E-state index in [4.69, 9.17) is 0 Å². The van der Waals surface area contributed by atoms with Crippen LogP contribution in [0.3, 0.4) is 0 Å². The molecule has 1 aromatic carbocycles. The zero-order valence-electron chi connectivity index (χ0n) is 13.4. The summed E-state index contributed by atoms with van der Waals surface area (Å²) in [6.07, 6.45) is 2.34. The van der Waals surface area contributed by atoms with Crippen LogP contribution in [-0.4, -0.2) is 36.5 Å². The van der Waals surface area contributed by atoms with E-state index in [1.807, 2.05) is 25.7 Å². The molecule has 1 heterocycles. The summed E-state index contributed by atoms with van der Waals surface area (Å²) in [5.74, 6) is 0.178. The van der Waals surface area contributed by atoms with Crippen LogP contribution in [-0.2, 0) is 17.8 Å². The number of carbonyl (C=O) groups is 1. The molecule has 21 heavy (non-hydrogen) atoms. The Labute approximate surface area is 127 Å². The second-order valence-corrected chi connectivity index (χ2v) is 5.59. The van der Waals surface area contributed by atoms with Gasteiger partial charge in [0.2, 0.25) is 5.91 Å². The molecule has 0 fully saturated rings. The number of para-hydroxylation sites is 1. The number of hydrogen-bond acceptors (Lipinski definition) is 3. The van der Waals surface area contributed by atoms with Crippen molar-refractivity contribution >= 4 is 11.6 Å². The lowest BCUT2D eigenvalue weighted by Gasteiger charge is -2.25. The molecule has 1 unspecified atom stereocenters. The molecule has 4 nitrogen and oxygen atoms in total. The number of carbonyl (C=O) groups excluding carboxylic acids is 1. The minimum atomic E-state index is -0.149. The number of aryl methyl sites for hydroxylation is 1. The van der Waals surface area contributed by atoms with E-state index in [9.17, 15) is 4.79 Å². The third kappa shape index (κ3) is 3.76. The average Bonchev–Trinajstić information content (AvgIpc) is 2.53. The minimum Gasteiger partial charge on any atom is -0.385 e. The molecule has 2 rings (SSSR count). The highest BCUT2D eigenvalue weighted by Crippen LogP contribution is 2.25. The Bertz CT molecular complexity index is 483. The standard InChI is InChI=1S/C17H27N3O/c1-4-20(5-2)17(21)13(3)19-12-15-9-6-8-14-10-7-11-18-16(14)15/h6,8-9,13,18-19H,4-5,7,10-12H2,1-3H3. The summed E-state index contributed by atoms with van der Waals surface area (Å²) in [4.78, 5) is 14.1. The van der Waals surface area contributed by atoms with Gasteiger partial charge < -0.3 is 15.5 Å². The second-order valence-electron chi connectivity index (χ2n) is 5.59. The lowest BCUT2D eigenvalue weighted by Crippen LogP contribution is -2.44. The molecular formula is C17H27N3O. The van der Waals surface area contributed by atoms with Crippen LogP contribution in [0.5, 0.6) is 0 Å². The molecule has 116 valence electrons. The fourth-order valence-electron chi connectivity index (χ4n) is 2.89. The Morgan fingerprint density at radius 2 is 2.14 bits per heavy atom. The Morgan fingerprint density at radius 1 is 1.38 bits per heavy atom. The van der Waals surface area contributed by atoms with E-state index in [1.54, 1.807) is 0 Å².